The van der Waals surface area contributed by atoms with Gasteiger partial charge in [0.15, 0.2) is 15.7 Å². The highest BCUT2D eigenvalue weighted by Crippen LogP contribution is 2.34. The maximum atomic E-state index is 13.1. The zero-order valence-corrected chi connectivity index (χ0v) is 18.5. The molecule has 4 heterocycles. The monoisotopic (exact) mass is 477 g/mol. The number of aryl methyl sites for hydroxylation is 2. The number of pyridine rings is 2. The highest BCUT2D eigenvalue weighted by Gasteiger charge is 2.33. The summed E-state index contributed by atoms with van der Waals surface area (Å²) in [7, 11) is -2.24. The Morgan fingerprint density at radius 1 is 1.06 bits per heavy atom. The summed E-state index contributed by atoms with van der Waals surface area (Å²) in [4.78, 5) is 20.0. The van der Waals surface area contributed by atoms with E-state index >= 15 is 0 Å². The van der Waals surface area contributed by atoms with Gasteiger partial charge in [-0.15, -0.1) is 0 Å². The molecule has 33 heavy (non-hydrogen) atoms. The minimum Gasteiger partial charge on any atom is -0.368 e. The predicted octanol–water partition coefficient (Wildman–Crippen LogP) is 3.19. The van der Waals surface area contributed by atoms with Crippen LogP contribution in [0.4, 0.5) is 19.1 Å². The standard InChI is InChI=1S/C20H18F3N7O2S/c1-4-33(31,32)15-5-11(12-8-27-19(24)28-10(12)2)7-26-17(15)18-29-13-6-16(20(21,22)23)25-9-14(13)30(18)3/h5-9H,4H2,1-3H3,(H2,24,27,28). The van der Waals surface area contributed by atoms with Crippen LogP contribution in [-0.4, -0.2) is 43.7 Å². The zero-order chi connectivity index (χ0) is 24.1. The number of nitrogens with two attached hydrogens (primary N) is 1. The maximum Gasteiger partial charge on any atom is 0.433 e. The number of imidazole rings is 1. The summed E-state index contributed by atoms with van der Waals surface area (Å²) in [6.07, 6.45) is -0.686. The molecular weight excluding hydrogens is 459 g/mol. The summed E-state index contributed by atoms with van der Waals surface area (Å²) in [6.45, 7) is 3.18. The quantitative estimate of drug-likeness (QED) is 0.474. The van der Waals surface area contributed by atoms with Gasteiger partial charge in [-0.1, -0.05) is 6.92 Å². The lowest BCUT2D eigenvalue weighted by Gasteiger charge is -2.12. The number of halogens is 3. The largest absolute Gasteiger partial charge is 0.433 e. The molecule has 172 valence electrons. The molecule has 0 saturated carbocycles. The third kappa shape index (κ3) is 3.99. The molecule has 0 radical (unpaired) electrons. The van der Waals surface area contributed by atoms with Gasteiger partial charge in [0.05, 0.1) is 33.6 Å². The molecule has 0 fully saturated rings. The van der Waals surface area contributed by atoms with E-state index in [-0.39, 0.29) is 33.6 Å². The summed E-state index contributed by atoms with van der Waals surface area (Å²) < 4.78 is 66.5. The zero-order valence-electron chi connectivity index (χ0n) is 17.7. The van der Waals surface area contributed by atoms with Crippen LogP contribution in [0.5, 0.6) is 0 Å². The Bertz CT molecular complexity index is 1500. The lowest BCUT2D eigenvalue weighted by Crippen LogP contribution is -2.09. The molecule has 0 aliphatic rings. The first-order valence-corrected chi connectivity index (χ1v) is 11.3. The number of nitrogen functional groups attached to an aromatic ring is 1. The highest BCUT2D eigenvalue weighted by atomic mass is 32.2. The van der Waals surface area contributed by atoms with E-state index in [1.165, 1.54) is 30.0 Å². The van der Waals surface area contributed by atoms with Crippen LogP contribution >= 0.6 is 0 Å². The lowest BCUT2D eigenvalue weighted by molar-refractivity contribution is -0.141. The molecule has 0 aliphatic carbocycles. The van der Waals surface area contributed by atoms with E-state index in [1.807, 2.05) is 0 Å². The van der Waals surface area contributed by atoms with Gasteiger partial charge in [0.2, 0.25) is 5.95 Å². The molecule has 0 spiro atoms. The molecule has 0 unspecified atom stereocenters. The van der Waals surface area contributed by atoms with Gasteiger partial charge < -0.3 is 10.3 Å². The average Bonchev–Trinajstić information content (AvgIpc) is 3.08. The molecule has 0 atom stereocenters. The molecule has 4 aromatic rings. The number of anilines is 1. The van der Waals surface area contributed by atoms with Gasteiger partial charge in [-0.2, -0.15) is 13.2 Å². The summed E-state index contributed by atoms with van der Waals surface area (Å²) in [6, 6.07) is 2.25. The molecule has 9 nitrogen and oxygen atoms in total. The maximum absolute atomic E-state index is 13.1. The van der Waals surface area contributed by atoms with Crippen molar-refractivity contribution in [3.63, 3.8) is 0 Å². The number of aromatic nitrogens is 6. The van der Waals surface area contributed by atoms with Gasteiger partial charge in [0, 0.05) is 30.6 Å². The Labute approximate surface area is 186 Å². The summed E-state index contributed by atoms with van der Waals surface area (Å²) in [5.74, 6) is -0.0461. The SMILES string of the molecule is CCS(=O)(=O)c1cc(-c2cnc(N)nc2C)cnc1-c1nc2cc(C(F)(F)F)ncc2n1C. The number of alkyl halides is 3. The van der Waals surface area contributed by atoms with Gasteiger partial charge in [-0.05, 0) is 19.1 Å². The van der Waals surface area contributed by atoms with Crippen molar-refractivity contribution in [3.8, 4) is 22.6 Å². The van der Waals surface area contributed by atoms with Gasteiger partial charge in [-0.3, -0.25) is 4.98 Å². The van der Waals surface area contributed by atoms with E-state index in [1.54, 1.807) is 14.0 Å². The van der Waals surface area contributed by atoms with Crippen molar-refractivity contribution >= 4 is 26.8 Å². The summed E-state index contributed by atoms with van der Waals surface area (Å²) in [5.41, 5.74) is 6.35. The topological polar surface area (TPSA) is 130 Å². The molecule has 13 heteroatoms. The van der Waals surface area contributed by atoms with Crippen LogP contribution in [0.1, 0.15) is 18.3 Å². The molecule has 4 aromatic heterocycles. The van der Waals surface area contributed by atoms with Crippen LogP contribution in [0, 0.1) is 6.92 Å². The summed E-state index contributed by atoms with van der Waals surface area (Å²) >= 11 is 0. The van der Waals surface area contributed by atoms with E-state index in [0.29, 0.717) is 22.3 Å². The van der Waals surface area contributed by atoms with E-state index in [9.17, 15) is 21.6 Å². The molecule has 0 bridgehead atoms. The molecule has 0 saturated heterocycles. The Hall–Kier alpha value is -3.61. The number of nitrogens with zero attached hydrogens (tertiary/aromatic N) is 6. The lowest BCUT2D eigenvalue weighted by atomic mass is 10.1. The second-order valence-corrected chi connectivity index (χ2v) is 9.50. The van der Waals surface area contributed by atoms with E-state index < -0.39 is 21.7 Å². The fourth-order valence-corrected chi connectivity index (χ4v) is 4.43. The number of rotatable bonds is 4. The van der Waals surface area contributed by atoms with Crippen LogP contribution in [0.2, 0.25) is 0 Å². The predicted molar refractivity (Wildman–Crippen MR) is 115 cm³/mol. The van der Waals surface area contributed by atoms with Gasteiger partial charge >= 0.3 is 6.18 Å². The number of fused-ring (bicyclic) bond motifs is 1. The fourth-order valence-electron chi connectivity index (χ4n) is 3.38. The first-order valence-electron chi connectivity index (χ1n) is 9.64. The number of hydrogen-bond acceptors (Lipinski definition) is 8. The minimum atomic E-state index is -4.64. The van der Waals surface area contributed by atoms with E-state index in [0.717, 1.165) is 12.3 Å². The van der Waals surface area contributed by atoms with Crippen molar-refractivity contribution in [1.82, 2.24) is 29.5 Å². The number of sulfone groups is 1. The van der Waals surface area contributed by atoms with Crippen molar-refractivity contribution < 1.29 is 21.6 Å². The van der Waals surface area contributed by atoms with Crippen LogP contribution in [0.15, 0.2) is 35.6 Å². The molecular formula is C20H18F3N7O2S. The molecule has 0 aromatic carbocycles. The molecule has 4 rings (SSSR count). The van der Waals surface area contributed by atoms with Gasteiger partial charge in [-0.25, -0.2) is 28.4 Å². The fraction of sp³-hybridized carbons (Fsp3) is 0.250. The van der Waals surface area contributed by atoms with Crippen molar-refractivity contribution in [3.05, 3.63) is 42.1 Å². The van der Waals surface area contributed by atoms with E-state index in [4.69, 9.17) is 5.73 Å². The Kier molecular flexibility index (Phi) is 5.31. The molecule has 0 aliphatic heterocycles. The summed E-state index contributed by atoms with van der Waals surface area (Å²) in [5, 5.41) is 0. The molecule has 0 amide bonds. The van der Waals surface area contributed by atoms with Crippen LogP contribution < -0.4 is 5.73 Å². The van der Waals surface area contributed by atoms with Crippen molar-refractivity contribution in [2.24, 2.45) is 7.05 Å². The van der Waals surface area contributed by atoms with Crippen LogP contribution in [-0.2, 0) is 23.1 Å². The third-order valence-corrected chi connectivity index (χ3v) is 6.89. The first-order chi connectivity index (χ1) is 15.4. The second-order valence-electron chi connectivity index (χ2n) is 7.25. The van der Waals surface area contributed by atoms with Crippen molar-refractivity contribution in [1.29, 1.82) is 0 Å². The average molecular weight is 477 g/mol. The minimum absolute atomic E-state index is 0.0156. The van der Waals surface area contributed by atoms with Crippen molar-refractivity contribution in [2.75, 3.05) is 11.5 Å². The second kappa shape index (κ2) is 7.76. The van der Waals surface area contributed by atoms with Crippen molar-refractivity contribution in [2.45, 2.75) is 24.9 Å². The van der Waals surface area contributed by atoms with Gasteiger partial charge in [0.25, 0.3) is 0 Å². The smallest absolute Gasteiger partial charge is 0.368 e. The first kappa shape index (κ1) is 22.6. The van der Waals surface area contributed by atoms with Crippen LogP contribution in [0.3, 0.4) is 0 Å². The Morgan fingerprint density at radius 3 is 2.42 bits per heavy atom. The Balaban J connectivity index is 1.95. The normalized spacial score (nSPS) is 12.4. The third-order valence-electron chi connectivity index (χ3n) is 5.15. The molecule has 2 N–H and O–H groups in total. The Morgan fingerprint density at radius 2 is 1.79 bits per heavy atom. The highest BCUT2D eigenvalue weighted by molar-refractivity contribution is 7.91. The van der Waals surface area contributed by atoms with E-state index in [2.05, 4.69) is 24.9 Å². The van der Waals surface area contributed by atoms with Gasteiger partial charge in [0.1, 0.15) is 11.4 Å². The number of hydrogen-bond donors (Lipinski definition) is 1. The van der Waals surface area contributed by atoms with Crippen LogP contribution in [0.25, 0.3) is 33.7 Å².